The number of hydrogen-bond donors (Lipinski definition) is 2. The number of anilines is 1. The molecule has 0 fully saturated rings. The van der Waals surface area contributed by atoms with Crippen LogP contribution in [0.4, 0.5) is 19.0 Å². The number of benzene rings is 1. The molecule has 0 spiro atoms. The van der Waals surface area contributed by atoms with E-state index < -0.39 is 17.6 Å². The van der Waals surface area contributed by atoms with Crippen molar-refractivity contribution in [1.29, 1.82) is 0 Å². The van der Waals surface area contributed by atoms with Crippen molar-refractivity contribution in [2.24, 2.45) is 0 Å². The minimum Gasteiger partial charge on any atom is -0.367 e. The number of alkyl halides is 3. The lowest BCUT2D eigenvalue weighted by atomic mass is 10.1. The molecule has 3 rings (SSSR count). The molecule has 172 valence electrons. The van der Waals surface area contributed by atoms with Crippen LogP contribution in [-0.2, 0) is 12.7 Å². The minimum atomic E-state index is -4.50. The average Bonchev–Trinajstić information content (AvgIpc) is 3.14. The van der Waals surface area contributed by atoms with Gasteiger partial charge < -0.3 is 10.6 Å². The summed E-state index contributed by atoms with van der Waals surface area (Å²) in [6, 6.07) is 4.51. The summed E-state index contributed by atoms with van der Waals surface area (Å²) < 4.78 is 40.3. The fourth-order valence-electron chi connectivity index (χ4n) is 2.95. The summed E-state index contributed by atoms with van der Waals surface area (Å²) in [5.41, 5.74) is -0.272. The molecule has 2 N–H and O–H groups in total. The van der Waals surface area contributed by atoms with Crippen LogP contribution >= 0.6 is 11.8 Å². The fraction of sp³-hybridized carbons (Fsp3) is 0.429. The highest BCUT2D eigenvalue weighted by Crippen LogP contribution is 2.29. The number of halogens is 3. The van der Waals surface area contributed by atoms with Gasteiger partial charge in [0.25, 0.3) is 5.91 Å². The van der Waals surface area contributed by atoms with Crippen molar-refractivity contribution < 1.29 is 18.0 Å². The van der Waals surface area contributed by atoms with Gasteiger partial charge in [-0.05, 0) is 38.5 Å². The Morgan fingerprint density at radius 2 is 2.03 bits per heavy atom. The fourth-order valence-corrected chi connectivity index (χ4v) is 3.65. The van der Waals surface area contributed by atoms with Crippen molar-refractivity contribution >= 4 is 34.5 Å². The number of nitrogens with zero attached hydrogens (tertiary/aromatic N) is 4. The first-order valence-corrected chi connectivity index (χ1v) is 11.3. The molecule has 7 nitrogen and oxygen atoms in total. The lowest BCUT2D eigenvalue weighted by Gasteiger charge is -2.12. The van der Waals surface area contributed by atoms with E-state index in [1.807, 2.05) is 13.8 Å². The van der Waals surface area contributed by atoms with Crippen molar-refractivity contribution in [3.63, 3.8) is 0 Å². The summed E-state index contributed by atoms with van der Waals surface area (Å²) in [6.45, 7) is 6.60. The molecule has 0 aliphatic rings. The largest absolute Gasteiger partial charge is 0.416 e. The molecule has 0 atom stereocenters. The van der Waals surface area contributed by atoms with Gasteiger partial charge in [-0.25, -0.2) is 14.6 Å². The Hall–Kier alpha value is -2.82. The molecule has 3 aromatic rings. The molecule has 0 saturated heterocycles. The van der Waals surface area contributed by atoms with Gasteiger partial charge in [0.2, 0.25) is 0 Å². The number of aromatic nitrogens is 4. The molecule has 0 radical (unpaired) electrons. The molecule has 0 bridgehead atoms. The van der Waals surface area contributed by atoms with Gasteiger partial charge in [0.15, 0.2) is 10.8 Å². The molecule has 32 heavy (non-hydrogen) atoms. The summed E-state index contributed by atoms with van der Waals surface area (Å²) in [5.74, 6) is 1.000. The molecular weight excluding hydrogens is 441 g/mol. The third kappa shape index (κ3) is 5.90. The maximum atomic E-state index is 12.9. The van der Waals surface area contributed by atoms with Crippen LogP contribution in [0.2, 0.25) is 0 Å². The number of thioether (sulfide) groups is 1. The Bertz CT molecular complexity index is 1080. The van der Waals surface area contributed by atoms with E-state index in [2.05, 4.69) is 32.6 Å². The van der Waals surface area contributed by atoms with E-state index in [-0.39, 0.29) is 18.2 Å². The van der Waals surface area contributed by atoms with E-state index in [4.69, 9.17) is 0 Å². The van der Waals surface area contributed by atoms with Gasteiger partial charge in [-0.1, -0.05) is 24.8 Å². The van der Waals surface area contributed by atoms with Crippen molar-refractivity contribution in [3.8, 4) is 0 Å². The van der Waals surface area contributed by atoms with Gasteiger partial charge in [-0.15, -0.1) is 0 Å². The molecule has 1 aromatic carbocycles. The van der Waals surface area contributed by atoms with Crippen molar-refractivity contribution in [1.82, 2.24) is 25.1 Å². The van der Waals surface area contributed by atoms with E-state index >= 15 is 0 Å². The molecular formula is C21H25F3N6OS. The first kappa shape index (κ1) is 23.8. The summed E-state index contributed by atoms with van der Waals surface area (Å²) in [4.78, 5) is 21.5. The quantitative estimate of drug-likeness (QED) is 0.354. The number of carbonyl (C=O) groups excluding carboxylic acids is 1. The molecule has 0 aliphatic carbocycles. The van der Waals surface area contributed by atoms with Crippen LogP contribution in [0.15, 0.2) is 35.6 Å². The topological polar surface area (TPSA) is 84.7 Å². The second-order valence-corrected chi connectivity index (χ2v) is 8.50. The van der Waals surface area contributed by atoms with Crippen LogP contribution in [0.1, 0.15) is 43.1 Å². The first-order valence-electron chi connectivity index (χ1n) is 10.3. The van der Waals surface area contributed by atoms with Gasteiger partial charge >= 0.3 is 6.18 Å². The summed E-state index contributed by atoms with van der Waals surface area (Å²) >= 11 is 1.55. The maximum absolute atomic E-state index is 12.9. The zero-order chi connectivity index (χ0) is 23.3. The number of hydrogen-bond acceptors (Lipinski definition) is 6. The second-order valence-electron chi connectivity index (χ2n) is 7.44. The average molecular weight is 467 g/mol. The zero-order valence-electron chi connectivity index (χ0n) is 18.0. The van der Waals surface area contributed by atoms with Crippen LogP contribution in [0.3, 0.4) is 0 Å². The standard InChI is InChI=1S/C21H25F3N6OS/c1-4-10-32-20-28-17(27-13(2)3)16-12-26-30(18(16)29-20)9-8-25-19(31)14-6-5-7-15(11-14)21(22,23)24/h5-7,11-13H,4,8-10H2,1-3H3,(H,25,31)(H,27,28,29). The highest BCUT2D eigenvalue weighted by Gasteiger charge is 2.30. The number of fused-ring (bicyclic) bond motifs is 1. The lowest BCUT2D eigenvalue weighted by molar-refractivity contribution is -0.137. The van der Waals surface area contributed by atoms with Gasteiger partial charge in [-0.2, -0.15) is 18.3 Å². The zero-order valence-corrected chi connectivity index (χ0v) is 18.8. The first-order chi connectivity index (χ1) is 15.2. The van der Waals surface area contributed by atoms with Crippen LogP contribution in [-0.4, -0.2) is 44.0 Å². The van der Waals surface area contributed by atoms with Crippen molar-refractivity contribution in [2.75, 3.05) is 17.6 Å². The lowest BCUT2D eigenvalue weighted by Crippen LogP contribution is -2.27. The summed E-state index contributed by atoms with van der Waals surface area (Å²) in [6.07, 6.45) is -1.85. The predicted molar refractivity (Wildman–Crippen MR) is 119 cm³/mol. The Labute approximate surface area is 188 Å². The van der Waals surface area contributed by atoms with E-state index in [0.717, 1.165) is 29.7 Å². The van der Waals surface area contributed by atoms with Gasteiger partial charge in [-0.3, -0.25) is 4.79 Å². The molecule has 2 aromatic heterocycles. The molecule has 2 heterocycles. The van der Waals surface area contributed by atoms with Crippen molar-refractivity contribution in [2.45, 2.75) is 51.1 Å². The van der Waals surface area contributed by atoms with Crippen LogP contribution in [0, 0.1) is 0 Å². The van der Waals surface area contributed by atoms with E-state index in [9.17, 15) is 18.0 Å². The molecule has 1 amide bonds. The van der Waals surface area contributed by atoms with Gasteiger partial charge in [0.1, 0.15) is 5.82 Å². The minimum absolute atomic E-state index is 0.0471. The SMILES string of the molecule is CCCSc1nc(NC(C)C)c2cnn(CCNC(=O)c3cccc(C(F)(F)F)c3)c2n1. The highest BCUT2D eigenvalue weighted by molar-refractivity contribution is 7.99. The van der Waals surface area contributed by atoms with Crippen LogP contribution in [0.25, 0.3) is 11.0 Å². The van der Waals surface area contributed by atoms with Crippen LogP contribution in [0.5, 0.6) is 0 Å². The van der Waals surface area contributed by atoms with E-state index in [1.165, 1.54) is 12.1 Å². The summed E-state index contributed by atoms with van der Waals surface area (Å²) in [7, 11) is 0. The van der Waals surface area contributed by atoms with Gasteiger partial charge in [0, 0.05) is 23.9 Å². The molecule has 0 aliphatic heterocycles. The smallest absolute Gasteiger partial charge is 0.367 e. The number of amides is 1. The van der Waals surface area contributed by atoms with Gasteiger partial charge in [0.05, 0.1) is 23.7 Å². The Kier molecular flexibility index (Phi) is 7.60. The normalized spacial score (nSPS) is 11.8. The van der Waals surface area contributed by atoms with E-state index in [1.54, 1.807) is 22.6 Å². The number of nitrogens with one attached hydrogen (secondary N) is 2. The molecule has 0 saturated carbocycles. The Balaban J connectivity index is 1.74. The monoisotopic (exact) mass is 466 g/mol. The second kappa shape index (κ2) is 10.2. The summed E-state index contributed by atoms with van der Waals surface area (Å²) in [5, 5.41) is 11.7. The third-order valence-electron chi connectivity index (χ3n) is 4.40. The number of carbonyl (C=O) groups is 1. The highest BCUT2D eigenvalue weighted by atomic mass is 32.2. The van der Waals surface area contributed by atoms with E-state index in [0.29, 0.717) is 23.2 Å². The maximum Gasteiger partial charge on any atom is 0.416 e. The third-order valence-corrected chi connectivity index (χ3v) is 5.45. The van der Waals surface area contributed by atoms with Crippen LogP contribution < -0.4 is 10.6 Å². The molecule has 0 unspecified atom stereocenters. The Morgan fingerprint density at radius 1 is 1.25 bits per heavy atom. The predicted octanol–water partition coefficient (Wildman–Crippen LogP) is 4.60. The molecule has 11 heteroatoms. The number of rotatable bonds is 9. The van der Waals surface area contributed by atoms with Crippen molar-refractivity contribution in [3.05, 3.63) is 41.6 Å². The Morgan fingerprint density at radius 3 is 2.72 bits per heavy atom.